The minimum atomic E-state index is -0.206. The molecule has 0 radical (unpaired) electrons. The van der Waals surface area contributed by atoms with Crippen LogP contribution >= 0.6 is 0 Å². The van der Waals surface area contributed by atoms with E-state index in [1.165, 1.54) is 0 Å². The molecule has 0 aromatic carbocycles. The third kappa shape index (κ3) is 5.29. The Labute approximate surface area is 149 Å². The first kappa shape index (κ1) is 19.4. The molecule has 1 aromatic rings. The van der Waals surface area contributed by atoms with Gasteiger partial charge in [-0.3, -0.25) is 9.59 Å². The van der Waals surface area contributed by atoms with Gasteiger partial charge in [-0.05, 0) is 38.0 Å². The Hall–Kier alpha value is -1.89. The third-order valence-corrected chi connectivity index (χ3v) is 4.35. The lowest BCUT2D eigenvalue weighted by Gasteiger charge is -2.17. The molecule has 1 aromatic heterocycles. The molecule has 2 N–H and O–H groups in total. The average molecular weight is 350 g/mol. The fourth-order valence-electron chi connectivity index (χ4n) is 2.95. The van der Waals surface area contributed by atoms with E-state index in [2.05, 4.69) is 29.5 Å². The number of aromatic nitrogens is 2. The summed E-state index contributed by atoms with van der Waals surface area (Å²) in [5.41, 5.74) is 1.27. The molecule has 0 fully saturated rings. The van der Waals surface area contributed by atoms with Gasteiger partial charge in [0.25, 0.3) is 11.8 Å². The summed E-state index contributed by atoms with van der Waals surface area (Å²) in [5, 5.41) is 5.79. The van der Waals surface area contributed by atoms with E-state index in [1.54, 1.807) is 7.11 Å². The van der Waals surface area contributed by atoms with Crippen molar-refractivity contribution in [2.45, 2.75) is 52.5 Å². The predicted molar refractivity (Wildman–Crippen MR) is 95.8 cm³/mol. The molecular formula is C18H30N4O3. The van der Waals surface area contributed by atoms with Crippen molar-refractivity contribution in [1.29, 1.82) is 0 Å². The van der Waals surface area contributed by atoms with Gasteiger partial charge in [0, 0.05) is 33.4 Å². The summed E-state index contributed by atoms with van der Waals surface area (Å²) in [4.78, 5) is 29.3. The van der Waals surface area contributed by atoms with Crippen LogP contribution in [0, 0.1) is 5.92 Å². The lowest BCUT2D eigenvalue weighted by Crippen LogP contribution is -2.29. The van der Waals surface area contributed by atoms with E-state index in [4.69, 9.17) is 4.74 Å². The number of hydrogen-bond acceptors (Lipinski definition) is 4. The van der Waals surface area contributed by atoms with E-state index in [1.807, 2.05) is 4.57 Å². The van der Waals surface area contributed by atoms with E-state index in [0.29, 0.717) is 37.1 Å². The van der Waals surface area contributed by atoms with Crippen molar-refractivity contribution >= 4 is 11.8 Å². The molecule has 0 unspecified atom stereocenters. The van der Waals surface area contributed by atoms with Crippen LogP contribution in [0.4, 0.5) is 0 Å². The van der Waals surface area contributed by atoms with E-state index in [0.717, 1.165) is 44.3 Å². The standard InChI is InChI=1S/C18H30N4O3/c1-13(2)8-10-20-18(24)16-21-15(14-7-4-5-11-22(14)16)17(23)19-9-6-12-25-3/h13H,4-12H2,1-3H3,(H,19,23)(H,20,24). The molecule has 7 nitrogen and oxygen atoms in total. The maximum atomic E-state index is 12.5. The van der Waals surface area contributed by atoms with Crippen molar-refractivity contribution in [1.82, 2.24) is 20.2 Å². The second kappa shape index (κ2) is 9.56. The Morgan fingerprint density at radius 1 is 1.20 bits per heavy atom. The topological polar surface area (TPSA) is 85.2 Å². The van der Waals surface area contributed by atoms with Crippen LogP contribution in [0.5, 0.6) is 0 Å². The normalized spacial score (nSPS) is 13.6. The Kier molecular flexibility index (Phi) is 7.43. The van der Waals surface area contributed by atoms with E-state index < -0.39 is 0 Å². The van der Waals surface area contributed by atoms with Crippen LogP contribution in [0.3, 0.4) is 0 Å². The van der Waals surface area contributed by atoms with Gasteiger partial charge < -0.3 is 19.9 Å². The number of nitrogens with zero attached hydrogens (tertiary/aromatic N) is 2. The first-order valence-corrected chi connectivity index (χ1v) is 9.19. The van der Waals surface area contributed by atoms with Gasteiger partial charge in [0.05, 0.1) is 5.69 Å². The number of imidazole rings is 1. The average Bonchev–Trinajstić information content (AvgIpc) is 2.98. The zero-order chi connectivity index (χ0) is 18.2. The molecule has 0 aliphatic carbocycles. The van der Waals surface area contributed by atoms with Gasteiger partial charge in [0.2, 0.25) is 0 Å². The molecule has 1 aliphatic heterocycles. The van der Waals surface area contributed by atoms with Crippen molar-refractivity contribution in [3.05, 3.63) is 17.2 Å². The van der Waals surface area contributed by atoms with Crippen LogP contribution in [0.1, 0.15) is 66.3 Å². The summed E-state index contributed by atoms with van der Waals surface area (Å²) in [6.07, 6.45) is 4.48. The summed E-state index contributed by atoms with van der Waals surface area (Å²) in [6.45, 7) is 6.74. The molecule has 2 rings (SSSR count). The van der Waals surface area contributed by atoms with Crippen molar-refractivity contribution in [3.63, 3.8) is 0 Å². The molecule has 0 atom stereocenters. The lowest BCUT2D eigenvalue weighted by molar-refractivity contribution is 0.0936. The van der Waals surface area contributed by atoms with E-state index >= 15 is 0 Å². The number of nitrogens with one attached hydrogen (secondary N) is 2. The van der Waals surface area contributed by atoms with Gasteiger partial charge in [-0.15, -0.1) is 0 Å². The van der Waals surface area contributed by atoms with Crippen LogP contribution in [-0.2, 0) is 17.7 Å². The summed E-state index contributed by atoms with van der Waals surface area (Å²) in [6, 6.07) is 0. The number of carbonyl (C=O) groups excluding carboxylic acids is 2. The van der Waals surface area contributed by atoms with Crippen LogP contribution in [0.15, 0.2) is 0 Å². The second-order valence-corrected chi connectivity index (χ2v) is 6.88. The Morgan fingerprint density at radius 3 is 2.68 bits per heavy atom. The molecule has 1 aliphatic rings. The largest absolute Gasteiger partial charge is 0.385 e. The Balaban J connectivity index is 2.09. The highest BCUT2D eigenvalue weighted by Gasteiger charge is 2.27. The minimum Gasteiger partial charge on any atom is -0.385 e. The monoisotopic (exact) mass is 350 g/mol. The number of carbonyl (C=O) groups is 2. The van der Waals surface area contributed by atoms with Gasteiger partial charge >= 0.3 is 0 Å². The molecule has 25 heavy (non-hydrogen) atoms. The Morgan fingerprint density at radius 2 is 1.96 bits per heavy atom. The molecule has 2 heterocycles. The zero-order valence-electron chi connectivity index (χ0n) is 15.6. The van der Waals surface area contributed by atoms with Crippen LogP contribution in [0.25, 0.3) is 0 Å². The van der Waals surface area contributed by atoms with Crippen LogP contribution in [0.2, 0.25) is 0 Å². The third-order valence-electron chi connectivity index (χ3n) is 4.35. The summed E-state index contributed by atoms with van der Waals surface area (Å²) in [5.74, 6) is 0.494. The molecule has 140 valence electrons. The van der Waals surface area contributed by atoms with Crippen molar-refractivity contribution in [2.75, 3.05) is 26.8 Å². The lowest BCUT2D eigenvalue weighted by atomic mass is 10.1. The maximum absolute atomic E-state index is 12.5. The smallest absolute Gasteiger partial charge is 0.287 e. The number of ether oxygens (including phenoxy) is 1. The van der Waals surface area contributed by atoms with Gasteiger partial charge in [-0.2, -0.15) is 0 Å². The fourth-order valence-corrected chi connectivity index (χ4v) is 2.95. The fraction of sp³-hybridized carbons (Fsp3) is 0.722. The van der Waals surface area contributed by atoms with Gasteiger partial charge in [0.1, 0.15) is 5.69 Å². The molecule has 7 heteroatoms. The van der Waals surface area contributed by atoms with Crippen LogP contribution < -0.4 is 10.6 Å². The quantitative estimate of drug-likeness (QED) is 0.665. The molecular weight excluding hydrogens is 320 g/mol. The number of amides is 2. The second-order valence-electron chi connectivity index (χ2n) is 6.88. The Bertz CT molecular complexity index is 595. The number of methoxy groups -OCH3 is 1. The number of rotatable bonds is 9. The van der Waals surface area contributed by atoms with E-state index in [-0.39, 0.29) is 11.8 Å². The molecule has 0 saturated heterocycles. The summed E-state index contributed by atoms with van der Waals surface area (Å²) < 4.78 is 6.90. The summed E-state index contributed by atoms with van der Waals surface area (Å²) in [7, 11) is 1.64. The molecule has 0 saturated carbocycles. The van der Waals surface area contributed by atoms with Crippen LogP contribution in [-0.4, -0.2) is 48.2 Å². The highest BCUT2D eigenvalue weighted by atomic mass is 16.5. The van der Waals surface area contributed by atoms with Crippen molar-refractivity contribution in [2.24, 2.45) is 5.92 Å². The molecule has 0 spiro atoms. The van der Waals surface area contributed by atoms with E-state index in [9.17, 15) is 9.59 Å². The predicted octanol–water partition coefficient (Wildman–Crippen LogP) is 1.76. The number of hydrogen-bond donors (Lipinski definition) is 2. The minimum absolute atomic E-state index is 0.192. The molecule has 0 bridgehead atoms. The highest BCUT2D eigenvalue weighted by molar-refractivity contribution is 5.97. The zero-order valence-corrected chi connectivity index (χ0v) is 15.6. The molecule has 2 amide bonds. The first-order valence-electron chi connectivity index (χ1n) is 9.19. The summed E-state index contributed by atoms with van der Waals surface area (Å²) >= 11 is 0. The van der Waals surface area contributed by atoms with Crippen molar-refractivity contribution < 1.29 is 14.3 Å². The SMILES string of the molecule is COCCCNC(=O)c1nc(C(=O)NCCC(C)C)n2c1CCCC2. The number of fused-ring (bicyclic) bond motifs is 1. The first-order chi connectivity index (χ1) is 12.0. The maximum Gasteiger partial charge on any atom is 0.287 e. The van der Waals surface area contributed by atoms with Crippen molar-refractivity contribution in [3.8, 4) is 0 Å². The highest BCUT2D eigenvalue weighted by Crippen LogP contribution is 2.21. The van der Waals surface area contributed by atoms with Gasteiger partial charge in [-0.25, -0.2) is 4.98 Å². The van der Waals surface area contributed by atoms with Gasteiger partial charge in [0.15, 0.2) is 5.82 Å². The van der Waals surface area contributed by atoms with Gasteiger partial charge in [-0.1, -0.05) is 13.8 Å².